The molecule has 0 aromatic heterocycles. The van der Waals surface area contributed by atoms with Gasteiger partial charge in [-0.1, -0.05) is 31.5 Å². The maximum atomic E-state index is 12.8. The Morgan fingerprint density at radius 1 is 1.25 bits per heavy atom. The first-order chi connectivity index (χ1) is 9.36. The van der Waals surface area contributed by atoms with Crippen LogP contribution in [0.5, 0.6) is 0 Å². The molecule has 0 radical (unpaired) electrons. The predicted octanol–water partition coefficient (Wildman–Crippen LogP) is 3.19. The molecule has 1 aliphatic heterocycles. The molecule has 1 unspecified atom stereocenters. The molecule has 3 nitrogen and oxygen atoms in total. The summed E-state index contributed by atoms with van der Waals surface area (Å²) >= 11 is 0. The molecule has 1 amide bonds. The molecule has 1 aromatic carbocycles. The molecule has 2 N–H and O–H groups in total. The number of amides is 1. The first-order valence-electron chi connectivity index (χ1n) is 7.47. The van der Waals surface area contributed by atoms with Gasteiger partial charge in [0.2, 0.25) is 5.91 Å². The van der Waals surface area contributed by atoms with Crippen molar-refractivity contribution in [3.63, 3.8) is 0 Å². The summed E-state index contributed by atoms with van der Waals surface area (Å²) in [7, 11) is 0. The highest BCUT2D eigenvalue weighted by Gasteiger charge is 2.44. The second kappa shape index (κ2) is 5.57. The van der Waals surface area contributed by atoms with E-state index in [1.807, 2.05) is 0 Å². The van der Waals surface area contributed by atoms with Crippen LogP contribution in [0, 0.1) is 32.1 Å². The molecule has 1 aliphatic rings. The van der Waals surface area contributed by atoms with Crippen LogP contribution < -0.4 is 10.6 Å². The first-order valence-corrected chi connectivity index (χ1v) is 7.47. The lowest BCUT2D eigenvalue weighted by atomic mass is 9.75. The molecule has 1 saturated heterocycles. The van der Waals surface area contributed by atoms with E-state index in [0.29, 0.717) is 5.92 Å². The van der Waals surface area contributed by atoms with Crippen molar-refractivity contribution in [2.45, 2.75) is 41.0 Å². The number of nitrogens with one attached hydrogen (secondary N) is 2. The van der Waals surface area contributed by atoms with Crippen LogP contribution in [0.4, 0.5) is 5.69 Å². The Morgan fingerprint density at radius 2 is 1.85 bits per heavy atom. The fourth-order valence-corrected chi connectivity index (χ4v) is 3.28. The number of hydrogen-bond donors (Lipinski definition) is 2. The lowest BCUT2D eigenvalue weighted by Gasteiger charge is -2.31. The van der Waals surface area contributed by atoms with Crippen molar-refractivity contribution in [1.29, 1.82) is 0 Å². The van der Waals surface area contributed by atoms with E-state index in [2.05, 4.69) is 57.4 Å². The molecule has 0 spiro atoms. The van der Waals surface area contributed by atoms with Gasteiger partial charge in [0.15, 0.2) is 0 Å². The van der Waals surface area contributed by atoms with Crippen LogP contribution in [0.15, 0.2) is 12.1 Å². The standard InChI is InChI=1S/C17H26N2O/c1-11(2)17(6-7-18-10-17)16(20)19-15-13(4)8-12(3)9-14(15)5/h8-9,11,18H,6-7,10H2,1-5H3,(H,19,20). The van der Waals surface area contributed by atoms with Crippen molar-refractivity contribution in [2.75, 3.05) is 18.4 Å². The normalized spacial score (nSPS) is 22.3. The summed E-state index contributed by atoms with van der Waals surface area (Å²) in [5.41, 5.74) is 4.22. The summed E-state index contributed by atoms with van der Waals surface area (Å²) in [5.74, 6) is 0.496. The molecule has 3 heteroatoms. The summed E-state index contributed by atoms with van der Waals surface area (Å²) in [6.07, 6.45) is 0.917. The summed E-state index contributed by atoms with van der Waals surface area (Å²) in [6.45, 7) is 12.2. The van der Waals surface area contributed by atoms with Gasteiger partial charge in [-0.25, -0.2) is 0 Å². The molecular formula is C17H26N2O. The third kappa shape index (κ3) is 2.59. The van der Waals surface area contributed by atoms with Crippen LogP contribution in [0.3, 0.4) is 0 Å². The van der Waals surface area contributed by atoms with Gasteiger partial charge in [0.05, 0.1) is 5.41 Å². The first kappa shape index (κ1) is 15.0. The van der Waals surface area contributed by atoms with Gasteiger partial charge >= 0.3 is 0 Å². The maximum absolute atomic E-state index is 12.8. The van der Waals surface area contributed by atoms with Crippen molar-refractivity contribution in [1.82, 2.24) is 5.32 Å². The number of carbonyl (C=O) groups excluding carboxylic acids is 1. The third-order valence-electron chi connectivity index (χ3n) is 4.66. The van der Waals surface area contributed by atoms with Crippen molar-refractivity contribution in [3.8, 4) is 0 Å². The van der Waals surface area contributed by atoms with E-state index < -0.39 is 0 Å². The van der Waals surface area contributed by atoms with Gasteiger partial charge in [0.1, 0.15) is 0 Å². The molecule has 1 heterocycles. The number of anilines is 1. The third-order valence-corrected chi connectivity index (χ3v) is 4.66. The molecule has 2 rings (SSSR count). The average Bonchev–Trinajstić information content (AvgIpc) is 2.83. The molecular weight excluding hydrogens is 248 g/mol. The summed E-state index contributed by atoms with van der Waals surface area (Å²) < 4.78 is 0. The summed E-state index contributed by atoms with van der Waals surface area (Å²) in [4.78, 5) is 12.8. The van der Waals surface area contributed by atoms with E-state index in [-0.39, 0.29) is 11.3 Å². The minimum atomic E-state index is -0.274. The van der Waals surface area contributed by atoms with E-state index in [1.54, 1.807) is 0 Å². The number of rotatable bonds is 3. The van der Waals surface area contributed by atoms with Crippen molar-refractivity contribution < 1.29 is 4.79 Å². The monoisotopic (exact) mass is 274 g/mol. The van der Waals surface area contributed by atoms with Crippen LogP contribution >= 0.6 is 0 Å². The molecule has 1 fully saturated rings. The van der Waals surface area contributed by atoms with Crippen LogP contribution in [0.2, 0.25) is 0 Å². The van der Waals surface area contributed by atoms with Gasteiger partial charge in [-0.15, -0.1) is 0 Å². The number of carbonyl (C=O) groups is 1. The quantitative estimate of drug-likeness (QED) is 0.889. The highest BCUT2D eigenvalue weighted by Crippen LogP contribution is 2.36. The van der Waals surface area contributed by atoms with Crippen LogP contribution in [-0.2, 0) is 4.79 Å². The van der Waals surface area contributed by atoms with E-state index in [0.717, 1.165) is 36.3 Å². The smallest absolute Gasteiger partial charge is 0.232 e. The van der Waals surface area contributed by atoms with Crippen molar-refractivity contribution >= 4 is 11.6 Å². The Labute approximate surface area is 122 Å². The Morgan fingerprint density at radius 3 is 2.30 bits per heavy atom. The van der Waals surface area contributed by atoms with Gasteiger partial charge in [0, 0.05) is 12.2 Å². The summed E-state index contributed by atoms with van der Waals surface area (Å²) in [5, 5.41) is 6.53. The minimum Gasteiger partial charge on any atom is -0.325 e. The topological polar surface area (TPSA) is 41.1 Å². The molecule has 1 atom stereocenters. The Balaban J connectivity index is 2.28. The molecule has 0 aliphatic carbocycles. The Hall–Kier alpha value is -1.35. The fourth-order valence-electron chi connectivity index (χ4n) is 3.28. The lowest BCUT2D eigenvalue weighted by molar-refractivity contribution is -0.126. The van der Waals surface area contributed by atoms with Crippen molar-refractivity contribution in [3.05, 3.63) is 28.8 Å². The van der Waals surface area contributed by atoms with E-state index in [9.17, 15) is 4.79 Å². The van der Waals surface area contributed by atoms with Gasteiger partial charge < -0.3 is 10.6 Å². The zero-order valence-electron chi connectivity index (χ0n) is 13.3. The predicted molar refractivity (Wildman–Crippen MR) is 84.0 cm³/mol. The molecule has 20 heavy (non-hydrogen) atoms. The largest absolute Gasteiger partial charge is 0.325 e. The minimum absolute atomic E-state index is 0.160. The van der Waals surface area contributed by atoms with E-state index in [4.69, 9.17) is 0 Å². The highest BCUT2D eigenvalue weighted by molar-refractivity contribution is 5.97. The van der Waals surface area contributed by atoms with Gasteiger partial charge in [0.25, 0.3) is 0 Å². The van der Waals surface area contributed by atoms with Crippen molar-refractivity contribution in [2.24, 2.45) is 11.3 Å². The number of benzene rings is 1. The van der Waals surface area contributed by atoms with Crippen LogP contribution in [0.25, 0.3) is 0 Å². The second-order valence-corrected chi connectivity index (χ2v) is 6.47. The van der Waals surface area contributed by atoms with E-state index >= 15 is 0 Å². The zero-order chi connectivity index (χ0) is 14.9. The highest BCUT2D eigenvalue weighted by atomic mass is 16.2. The lowest BCUT2D eigenvalue weighted by Crippen LogP contribution is -2.42. The van der Waals surface area contributed by atoms with Gasteiger partial charge in [-0.05, 0) is 50.8 Å². The Bertz CT molecular complexity index is 491. The number of hydrogen-bond acceptors (Lipinski definition) is 2. The fraction of sp³-hybridized carbons (Fsp3) is 0.588. The molecule has 110 valence electrons. The number of aryl methyl sites for hydroxylation is 3. The average molecular weight is 274 g/mol. The SMILES string of the molecule is Cc1cc(C)c(NC(=O)C2(C(C)C)CCNC2)c(C)c1. The zero-order valence-corrected chi connectivity index (χ0v) is 13.3. The van der Waals surface area contributed by atoms with Gasteiger partial charge in [-0.3, -0.25) is 4.79 Å². The maximum Gasteiger partial charge on any atom is 0.232 e. The molecule has 0 saturated carbocycles. The molecule has 0 bridgehead atoms. The summed E-state index contributed by atoms with van der Waals surface area (Å²) in [6, 6.07) is 4.25. The van der Waals surface area contributed by atoms with Gasteiger partial charge in [-0.2, -0.15) is 0 Å². The van der Waals surface area contributed by atoms with E-state index in [1.165, 1.54) is 5.56 Å². The van der Waals surface area contributed by atoms with Crippen LogP contribution in [-0.4, -0.2) is 19.0 Å². The Kier molecular flexibility index (Phi) is 4.19. The molecule has 1 aromatic rings. The van der Waals surface area contributed by atoms with Crippen LogP contribution in [0.1, 0.15) is 37.0 Å². The second-order valence-electron chi connectivity index (χ2n) is 6.47.